The number of carbonyl (C=O) groups excluding carboxylic acids is 6. The van der Waals surface area contributed by atoms with Gasteiger partial charge in [-0.2, -0.15) is 8.42 Å². The summed E-state index contributed by atoms with van der Waals surface area (Å²) in [5.74, 6) is -6.92. The molecule has 10 aliphatic rings. The first kappa shape index (κ1) is 108. The molecule has 756 valence electrons. The highest BCUT2D eigenvalue weighted by molar-refractivity contribution is 7.81. The van der Waals surface area contributed by atoms with Crippen molar-refractivity contribution in [3.05, 3.63) is 0 Å². The Morgan fingerprint density at radius 3 is 0.924 bits per heavy atom. The van der Waals surface area contributed by atoms with Gasteiger partial charge in [0.25, 0.3) is 0 Å². The summed E-state index contributed by atoms with van der Waals surface area (Å²) in [7, 11) is -5.66. The third-order valence-corrected chi connectivity index (χ3v) is 23.4. The van der Waals surface area contributed by atoms with Gasteiger partial charge in [-0.3, -0.25) is 28.5 Å². The third kappa shape index (κ3) is 24.6. The molecule has 10 fully saturated rings. The van der Waals surface area contributed by atoms with E-state index in [1.807, 2.05) is 0 Å². The van der Waals surface area contributed by atoms with E-state index in [1.54, 1.807) is 0 Å². The van der Waals surface area contributed by atoms with Gasteiger partial charge < -0.3 is 254 Å². The SMILES string of the molecule is CC(=O)N[C@@H]1[C@@H](O)[C@H](O[C@@H]2O[C@H](CO)[C@@H](O[C@@H]3O[C@H](CO[C@H]4O[C@H](CO)[C@@H](O)[C@H](O)[C@@H]4O[C@@H]4O[C@H](CO)[C@@H](O)[C@H](O)[C@H]4NC(C)=O)[C@@H](O)[C@H](O[C@H]4O[C@H](CO)[C@@H](O[C@@H]5O[C@H](CO)[C@@H](O)[C@H](O)[C@H]5NC(C)=O)[C@H](O)[C@@H]4O[C@@H]4O[C@H](CO)[C@@H](O[C@@H]5O[C@H](CO)[C@H](O)[C@H](O[C@@H]6O[C@H](C(=O)OS(=O)(=O)O)[C@@H](O)[C@H](O)[C@H]6O)[C@H]5O)[C@H](O)[C@H]4NC(C)=O)[C@@H]3O)[C@H](O)[C@H]2NC(C)=O)[C@@H](CO)O[C@H]1O. The van der Waals surface area contributed by atoms with Crippen LogP contribution in [0.2, 0.25) is 0 Å². The van der Waals surface area contributed by atoms with E-state index in [2.05, 4.69) is 30.8 Å². The van der Waals surface area contributed by atoms with Gasteiger partial charge in [-0.1, -0.05) is 0 Å². The molecule has 10 saturated heterocycles. The van der Waals surface area contributed by atoms with Gasteiger partial charge in [0.15, 0.2) is 69.0 Å². The van der Waals surface area contributed by atoms with Crippen LogP contribution in [0.3, 0.4) is 0 Å². The number of nitrogens with one attached hydrogen (secondary N) is 5. The van der Waals surface area contributed by atoms with Gasteiger partial charge in [0.1, 0.15) is 238 Å². The molecular formula is C70H115N5O55S. The van der Waals surface area contributed by atoms with E-state index in [-0.39, 0.29) is 0 Å². The third-order valence-electron chi connectivity index (χ3n) is 23.0. The molecule has 0 saturated carbocycles. The second-order valence-electron chi connectivity index (χ2n) is 32.2. The number of hydrogen-bond acceptors (Lipinski definition) is 54. The molecule has 10 heterocycles. The molecule has 10 rings (SSSR count). The highest BCUT2D eigenvalue weighted by Gasteiger charge is 2.63. The van der Waals surface area contributed by atoms with Crippen LogP contribution in [0.15, 0.2) is 0 Å². The van der Waals surface area contributed by atoms with Gasteiger partial charge >= 0.3 is 16.4 Å². The number of carbonyl (C=O) groups is 6. The zero-order chi connectivity index (χ0) is 96.9. The monoisotopic (exact) mass is 1940 g/mol. The van der Waals surface area contributed by atoms with Crippen molar-refractivity contribution in [3.63, 3.8) is 0 Å². The number of amides is 5. The van der Waals surface area contributed by atoms with E-state index in [1.165, 1.54) is 0 Å². The van der Waals surface area contributed by atoms with Crippen LogP contribution in [-0.4, -0.2) is 547 Å². The minimum absolute atomic E-state index is 0.819. The molecule has 0 aromatic carbocycles. The molecule has 0 aromatic heterocycles. The molecule has 50 atom stereocenters. The summed E-state index contributed by atoms with van der Waals surface area (Å²) in [5, 5.41) is 306. The van der Waals surface area contributed by atoms with Crippen molar-refractivity contribution < 1.29 is 269 Å². The lowest BCUT2D eigenvalue weighted by Gasteiger charge is -2.52. The van der Waals surface area contributed by atoms with Gasteiger partial charge in [-0.05, 0) is 0 Å². The molecule has 60 nitrogen and oxygen atoms in total. The first-order chi connectivity index (χ1) is 61.7. The van der Waals surface area contributed by atoms with Crippen molar-refractivity contribution in [1.82, 2.24) is 26.6 Å². The maximum Gasteiger partial charge on any atom is 0.449 e. The lowest BCUT2D eigenvalue weighted by Crippen LogP contribution is -2.71. The Hall–Kier alpha value is -5.07. The Bertz CT molecular complexity index is 3810. The van der Waals surface area contributed by atoms with Gasteiger partial charge in [0.2, 0.25) is 29.5 Å². The quantitative estimate of drug-likeness (QED) is 0.0266. The van der Waals surface area contributed by atoms with Crippen LogP contribution in [0.4, 0.5) is 0 Å². The number of hydrogen-bond donors (Lipinski definition) is 32. The number of ether oxygens (including phenoxy) is 19. The molecular weight excluding hydrogens is 1820 g/mol. The second kappa shape index (κ2) is 46.6. The predicted molar refractivity (Wildman–Crippen MR) is 398 cm³/mol. The van der Waals surface area contributed by atoms with Crippen LogP contribution >= 0.6 is 0 Å². The van der Waals surface area contributed by atoms with Crippen molar-refractivity contribution >= 4 is 45.9 Å². The molecule has 0 radical (unpaired) electrons. The van der Waals surface area contributed by atoms with E-state index >= 15 is 0 Å². The topological polar surface area (TPSA) is 928 Å². The maximum atomic E-state index is 13.5. The molecule has 5 amide bonds. The van der Waals surface area contributed by atoms with E-state index in [0.717, 1.165) is 34.6 Å². The van der Waals surface area contributed by atoms with Crippen molar-refractivity contribution in [2.75, 3.05) is 59.5 Å². The van der Waals surface area contributed by atoms with Crippen molar-refractivity contribution in [2.24, 2.45) is 0 Å². The fourth-order valence-corrected chi connectivity index (χ4v) is 16.8. The molecule has 0 unspecified atom stereocenters. The molecule has 32 N–H and O–H groups in total. The Morgan fingerprint density at radius 1 is 0.252 bits per heavy atom. The minimum Gasteiger partial charge on any atom is -0.394 e. The van der Waals surface area contributed by atoms with Crippen LogP contribution in [0.25, 0.3) is 0 Å². The molecule has 0 aliphatic carbocycles. The van der Waals surface area contributed by atoms with Crippen LogP contribution < -0.4 is 26.6 Å². The molecule has 0 bridgehead atoms. The molecule has 10 aliphatic heterocycles. The van der Waals surface area contributed by atoms with Gasteiger partial charge in [-0.15, -0.1) is 0 Å². The van der Waals surface area contributed by atoms with E-state index in [9.17, 15) is 170 Å². The Morgan fingerprint density at radius 2 is 0.527 bits per heavy atom. The van der Waals surface area contributed by atoms with Crippen molar-refractivity contribution in [1.29, 1.82) is 0 Å². The Labute approximate surface area is 739 Å². The summed E-state index contributed by atoms with van der Waals surface area (Å²) in [6, 6.07) is -9.67. The summed E-state index contributed by atoms with van der Waals surface area (Å²) in [5.41, 5.74) is 0. The van der Waals surface area contributed by atoms with Crippen LogP contribution in [0.5, 0.6) is 0 Å². The zero-order valence-corrected chi connectivity index (χ0v) is 70.5. The average molecular weight is 1940 g/mol. The Kier molecular flexibility index (Phi) is 38.4. The maximum absolute atomic E-state index is 13.5. The smallest absolute Gasteiger partial charge is 0.394 e. The number of aliphatic hydroxyl groups is 26. The Balaban J connectivity index is 1.04. The fourth-order valence-electron chi connectivity index (χ4n) is 16.5. The van der Waals surface area contributed by atoms with Crippen molar-refractivity contribution in [2.45, 2.75) is 341 Å². The first-order valence-corrected chi connectivity index (χ1v) is 42.2. The van der Waals surface area contributed by atoms with Crippen LogP contribution in [-0.2, 0) is 133 Å². The van der Waals surface area contributed by atoms with Gasteiger partial charge in [-0.25, -0.2) is 4.79 Å². The highest BCUT2D eigenvalue weighted by Crippen LogP contribution is 2.42. The normalized spacial score (nSPS) is 47.1. The summed E-state index contributed by atoms with van der Waals surface area (Å²) in [6.07, 6.45) is -102. The summed E-state index contributed by atoms with van der Waals surface area (Å²) in [4.78, 5) is 76.9. The predicted octanol–water partition coefficient (Wildman–Crippen LogP) is -22.7. The lowest BCUT2D eigenvalue weighted by molar-refractivity contribution is -0.406. The highest BCUT2D eigenvalue weighted by atomic mass is 32.3. The van der Waals surface area contributed by atoms with Gasteiger partial charge in [0.05, 0.1) is 59.5 Å². The average Bonchev–Trinajstić information content (AvgIpc) is 0.782. The number of aliphatic hydroxyl groups excluding tert-OH is 26. The summed E-state index contributed by atoms with van der Waals surface area (Å²) in [6.45, 7) is -6.33. The van der Waals surface area contributed by atoms with E-state index in [0.29, 0.717) is 0 Å². The number of rotatable bonds is 34. The fraction of sp³-hybridized carbons (Fsp3) is 0.914. The van der Waals surface area contributed by atoms with Crippen molar-refractivity contribution in [3.8, 4) is 0 Å². The van der Waals surface area contributed by atoms with Crippen LogP contribution in [0.1, 0.15) is 34.6 Å². The van der Waals surface area contributed by atoms with Crippen LogP contribution in [0, 0.1) is 0 Å². The zero-order valence-electron chi connectivity index (χ0n) is 69.6. The molecule has 131 heavy (non-hydrogen) atoms. The molecule has 61 heteroatoms. The molecule has 0 aromatic rings. The standard InChI is InChI=1S/C70H115N5O55S/c1-15(84)71-29-41(96)51(24(10-80)112-60(29)106)121-64-32(74-18(4)87)42(97)53(25(11-81)117-64)124-68-50(105)56(38(93)28(120-68)14-111-69-58(45(100)36(91)22(8-78)116-69)128-63-31(73-17(3)86)40(95)35(90)21(7-77)114-63)126-70-59(48(103)54(27(13-83)119-70)122-62-30(72-16(2)85)39(94)34(89)20(6-76)113-62)129-65-33(75-19(5)88)43(98)52(26(12-82)118-65)123-67-49(104)55(37(92)23(9-79)115-67)125-66-47(102)44(99)46(101)57(127-66)61(107)130-131(108,109)110/h20-60,62-70,76-83,89-106H,6-14H2,1-5H3,(H,71,84)(H,72,85)(H,73,86)(H,74,87)(H,75,88)(H,108,109,110)/t20-,21-,22-,23-,24-,25-,26-,27-,28-,29-,30-,31-,32-,33-,34-,35-,36-,37+,38-,39-,40-,41-,42-,43-,44+,45+,46+,47-,48+,49-,50+,51-,52-,53-,54-,55+,56+,57+,58+,59+,60-,62+,63+,64+,65+,66-,67+,68+,69+,70-/m1/s1. The van der Waals surface area contributed by atoms with E-state index in [4.69, 9.17) is 94.6 Å². The second-order valence-corrected chi connectivity index (χ2v) is 33.3. The lowest BCUT2D eigenvalue weighted by atomic mass is 9.93. The largest absolute Gasteiger partial charge is 0.449 e. The summed E-state index contributed by atoms with van der Waals surface area (Å²) >= 11 is 0. The molecule has 0 spiro atoms. The minimum atomic E-state index is -5.66. The van der Waals surface area contributed by atoms with Gasteiger partial charge in [0, 0.05) is 34.6 Å². The van der Waals surface area contributed by atoms with E-state index < -0.39 is 412 Å². The first-order valence-electron chi connectivity index (χ1n) is 40.8. The summed E-state index contributed by atoms with van der Waals surface area (Å²) < 4.78 is 149.